The Hall–Kier alpha value is -3.97. The molecule has 0 spiro atoms. The van der Waals surface area contributed by atoms with Gasteiger partial charge in [-0.3, -0.25) is 14.4 Å². The number of carbonyl (C=O) groups excluding carboxylic acids is 2. The summed E-state index contributed by atoms with van der Waals surface area (Å²) in [6.45, 7) is 1.98. The molecule has 2 heterocycles. The quantitative estimate of drug-likeness (QED) is 0.637. The van der Waals surface area contributed by atoms with Gasteiger partial charge in [0.05, 0.1) is 23.0 Å². The highest BCUT2D eigenvalue weighted by Gasteiger charge is 2.60. The summed E-state index contributed by atoms with van der Waals surface area (Å²) in [5.41, 5.74) is 3.13. The van der Waals surface area contributed by atoms with E-state index in [4.69, 9.17) is 9.94 Å². The monoisotopic (exact) mass is 428 g/mol. The van der Waals surface area contributed by atoms with E-state index in [-0.39, 0.29) is 11.5 Å². The van der Waals surface area contributed by atoms with Crippen molar-refractivity contribution < 1.29 is 24.3 Å². The first-order chi connectivity index (χ1) is 15.5. The van der Waals surface area contributed by atoms with E-state index in [0.29, 0.717) is 5.69 Å². The Bertz CT molecular complexity index is 1190. The molecule has 0 bridgehead atoms. The van der Waals surface area contributed by atoms with E-state index in [9.17, 15) is 14.4 Å². The van der Waals surface area contributed by atoms with E-state index < -0.39 is 29.9 Å². The van der Waals surface area contributed by atoms with Gasteiger partial charge in [-0.15, -0.1) is 0 Å². The molecule has 1 N–H and O–H groups in total. The van der Waals surface area contributed by atoms with Crippen LogP contribution in [0.3, 0.4) is 0 Å². The van der Waals surface area contributed by atoms with E-state index in [2.05, 4.69) is 0 Å². The van der Waals surface area contributed by atoms with Crippen LogP contribution in [0.2, 0.25) is 0 Å². The SMILES string of the molecule is Cc1ccc(N2O[C@H]3C(=O)N(c4ccc(C(=O)O)cc4)C(=O)[C@H]3[C@@H]2c2ccccc2)cc1. The summed E-state index contributed by atoms with van der Waals surface area (Å²) in [5.74, 6) is -2.63. The van der Waals surface area contributed by atoms with Crippen molar-refractivity contribution in [1.29, 1.82) is 0 Å². The lowest BCUT2D eigenvalue weighted by Gasteiger charge is -2.28. The van der Waals surface area contributed by atoms with Crippen LogP contribution in [0.1, 0.15) is 27.5 Å². The number of amides is 2. The molecule has 2 aliphatic rings. The Morgan fingerprint density at radius 3 is 2.09 bits per heavy atom. The van der Waals surface area contributed by atoms with Gasteiger partial charge in [0.25, 0.3) is 5.91 Å². The van der Waals surface area contributed by atoms with Crippen LogP contribution >= 0.6 is 0 Å². The third kappa shape index (κ3) is 3.14. The standard InChI is InChI=1S/C25H20N2O5/c1-15-7-11-19(12-8-15)27-21(16-5-3-2-4-6-16)20-22(32-27)24(29)26(23(20)28)18-13-9-17(10-14-18)25(30)31/h2-14,20-22H,1H3,(H,30,31)/t20-,21-,22+/m0/s1. The molecule has 3 atom stereocenters. The van der Waals surface area contributed by atoms with Gasteiger partial charge in [0.1, 0.15) is 5.92 Å². The predicted octanol–water partition coefficient (Wildman–Crippen LogP) is 3.74. The summed E-state index contributed by atoms with van der Waals surface area (Å²) in [4.78, 5) is 45.1. The zero-order chi connectivity index (χ0) is 22.4. The van der Waals surface area contributed by atoms with Crippen molar-refractivity contribution in [2.24, 2.45) is 5.92 Å². The van der Waals surface area contributed by atoms with Crippen LogP contribution in [0.5, 0.6) is 0 Å². The molecule has 2 amide bonds. The Kier molecular flexibility index (Phi) is 4.75. The Morgan fingerprint density at radius 2 is 1.47 bits per heavy atom. The number of hydrogen-bond acceptors (Lipinski definition) is 5. The lowest BCUT2D eigenvalue weighted by molar-refractivity contribution is -0.126. The minimum Gasteiger partial charge on any atom is -0.478 e. The number of carbonyl (C=O) groups is 3. The second-order valence-electron chi connectivity index (χ2n) is 7.93. The fourth-order valence-corrected chi connectivity index (χ4v) is 4.33. The van der Waals surface area contributed by atoms with Gasteiger partial charge in [-0.2, -0.15) is 0 Å². The summed E-state index contributed by atoms with van der Waals surface area (Å²) in [6.07, 6.45) is -0.965. The first-order valence-corrected chi connectivity index (χ1v) is 10.2. The minimum absolute atomic E-state index is 0.0806. The van der Waals surface area contributed by atoms with Crippen LogP contribution in [0, 0.1) is 12.8 Å². The summed E-state index contributed by atoms with van der Waals surface area (Å²) in [5, 5.41) is 10.8. The van der Waals surface area contributed by atoms with E-state index >= 15 is 0 Å². The second kappa shape index (κ2) is 7.62. The molecule has 0 aliphatic carbocycles. The van der Waals surface area contributed by atoms with Gasteiger partial charge in [-0.25, -0.2) is 14.8 Å². The topological polar surface area (TPSA) is 87.2 Å². The van der Waals surface area contributed by atoms with Crippen molar-refractivity contribution >= 4 is 29.2 Å². The van der Waals surface area contributed by atoms with Gasteiger partial charge in [-0.1, -0.05) is 48.0 Å². The van der Waals surface area contributed by atoms with E-state index in [1.807, 2.05) is 61.5 Å². The highest BCUT2D eigenvalue weighted by atomic mass is 16.7. The summed E-state index contributed by atoms with van der Waals surface area (Å²) in [7, 11) is 0. The molecule has 32 heavy (non-hydrogen) atoms. The number of hydrogen-bond donors (Lipinski definition) is 1. The molecule has 160 valence electrons. The molecular formula is C25H20N2O5. The maximum absolute atomic E-state index is 13.5. The van der Waals surface area contributed by atoms with Gasteiger partial charge in [0.2, 0.25) is 5.91 Å². The first-order valence-electron chi connectivity index (χ1n) is 10.2. The maximum atomic E-state index is 13.5. The molecule has 2 fully saturated rings. The van der Waals surface area contributed by atoms with Crippen LogP contribution in [0.25, 0.3) is 0 Å². The Labute approximate surface area is 184 Å². The summed E-state index contributed by atoms with van der Waals surface area (Å²) >= 11 is 0. The van der Waals surface area contributed by atoms with Crippen LogP contribution < -0.4 is 9.96 Å². The fraction of sp³-hybridized carbons (Fsp3) is 0.160. The molecule has 3 aromatic carbocycles. The lowest BCUT2D eigenvalue weighted by atomic mass is 9.90. The highest BCUT2D eigenvalue weighted by molar-refractivity contribution is 6.24. The third-order valence-corrected chi connectivity index (χ3v) is 5.92. The van der Waals surface area contributed by atoms with Gasteiger partial charge < -0.3 is 5.11 Å². The molecule has 5 rings (SSSR count). The smallest absolute Gasteiger partial charge is 0.335 e. The van der Waals surface area contributed by atoms with Crippen molar-refractivity contribution in [3.8, 4) is 0 Å². The minimum atomic E-state index is -1.08. The summed E-state index contributed by atoms with van der Waals surface area (Å²) in [6, 6.07) is 22.4. The number of anilines is 2. The molecule has 2 aliphatic heterocycles. The number of carboxylic acids is 1. The largest absolute Gasteiger partial charge is 0.478 e. The molecule has 0 aromatic heterocycles. The van der Waals surface area contributed by atoms with Gasteiger partial charge in [0.15, 0.2) is 6.10 Å². The van der Waals surface area contributed by atoms with Gasteiger partial charge in [0, 0.05) is 0 Å². The number of aromatic carboxylic acids is 1. The van der Waals surface area contributed by atoms with Crippen LogP contribution in [-0.2, 0) is 14.4 Å². The van der Waals surface area contributed by atoms with E-state index in [1.165, 1.54) is 24.3 Å². The Morgan fingerprint density at radius 1 is 0.844 bits per heavy atom. The van der Waals surface area contributed by atoms with Gasteiger partial charge in [-0.05, 0) is 48.9 Å². The average molecular weight is 428 g/mol. The average Bonchev–Trinajstić information content (AvgIpc) is 3.31. The number of nitrogens with zero attached hydrogens (tertiary/aromatic N) is 2. The summed E-state index contributed by atoms with van der Waals surface area (Å²) < 4.78 is 0. The van der Waals surface area contributed by atoms with Crippen molar-refractivity contribution in [3.63, 3.8) is 0 Å². The predicted molar refractivity (Wildman–Crippen MR) is 117 cm³/mol. The number of carboxylic acid groups (broad SMARTS) is 1. The number of hydroxylamine groups is 1. The van der Waals surface area contributed by atoms with Crippen LogP contribution in [0.15, 0.2) is 78.9 Å². The number of imide groups is 1. The number of rotatable bonds is 4. The van der Waals surface area contributed by atoms with Crippen molar-refractivity contribution in [2.75, 3.05) is 9.96 Å². The molecule has 3 aromatic rings. The molecular weight excluding hydrogens is 408 g/mol. The number of aryl methyl sites for hydroxylation is 1. The van der Waals surface area contributed by atoms with Crippen LogP contribution in [-0.4, -0.2) is 29.0 Å². The fourth-order valence-electron chi connectivity index (χ4n) is 4.33. The second-order valence-corrected chi connectivity index (χ2v) is 7.93. The highest BCUT2D eigenvalue weighted by Crippen LogP contribution is 2.47. The zero-order valence-electron chi connectivity index (χ0n) is 17.2. The number of benzene rings is 3. The van der Waals surface area contributed by atoms with E-state index in [0.717, 1.165) is 21.7 Å². The van der Waals surface area contributed by atoms with Crippen molar-refractivity contribution in [3.05, 3.63) is 95.6 Å². The molecule has 0 unspecified atom stereocenters. The van der Waals surface area contributed by atoms with E-state index in [1.54, 1.807) is 5.06 Å². The number of fused-ring (bicyclic) bond motifs is 1. The van der Waals surface area contributed by atoms with Crippen LogP contribution in [0.4, 0.5) is 11.4 Å². The lowest BCUT2D eigenvalue weighted by Crippen LogP contribution is -2.37. The van der Waals surface area contributed by atoms with Gasteiger partial charge >= 0.3 is 5.97 Å². The first kappa shape index (κ1) is 20.0. The zero-order valence-corrected chi connectivity index (χ0v) is 17.2. The van der Waals surface area contributed by atoms with Crippen molar-refractivity contribution in [2.45, 2.75) is 19.1 Å². The normalized spacial score (nSPS) is 22.3. The molecule has 7 nitrogen and oxygen atoms in total. The molecule has 0 radical (unpaired) electrons. The van der Waals surface area contributed by atoms with Crippen molar-refractivity contribution in [1.82, 2.24) is 0 Å². The molecule has 7 heteroatoms. The molecule has 2 saturated heterocycles. The maximum Gasteiger partial charge on any atom is 0.335 e. The third-order valence-electron chi connectivity index (χ3n) is 5.92. The molecule has 0 saturated carbocycles. The Balaban J connectivity index is 1.54.